The molecule has 0 radical (unpaired) electrons. The summed E-state index contributed by atoms with van der Waals surface area (Å²) in [6.45, 7) is 1.98. The topological polar surface area (TPSA) is 29.0 Å². The predicted octanol–water partition coefficient (Wildman–Crippen LogP) is 5.92. The lowest BCUT2D eigenvalue weighted by Crippen LogP contribution is -2.09. The van der Waals surface area contributed by atoms with E-state index >= 15 is 0 Å². The van der Waals surface area contributed by atoms with Crippen LogP contribution in [0.1, 0.15) is 5.69 Å². The summed E-state index contributed by atoms with van der Waals surface area (Å²) >= 11 is 0. The van der Waals surface area contributed by atoms with Crippen LogP contribution in [0.4, 0.5) is 17.1 Å². The van der Waals surface area contributed by atoms with E-state index in [9.17, 15) is 0 Å². The molecule has 0 saturated carbocycles. The van der Waals surface area contributed by atoms with E-state index in [1.54, 1.807) is 12.4 Å². The van der Waals surface area contributed by atoms with Gasteiger partial charge in [0, 0.05) is 35.0 Å². The SMILES string of the molecule is Cc1nccnc1-c1ccc(N(c2ccccc2)c2ccccc2)cc1. The Morgan fingerprint density at radius 2 is 1.08 bits per heavy atom. The minimum Gasteiger partial charge on any atom is -0.311 e. The van der Waals surface area contributed by atoms with Crippen LogP contribution in [0.5, 0.6) is 0 Å². The van der Waals surface area contributed by atoms with Crippen LogP contribution in [0.2, 0.25) is 0 Å². The van der Waals surface area contributed by atoms with E-state index in [2.05, 4.69) is 87.7 Å². The molecule has 0 N–H and O–H groups in total. The summed E-state index contributed by atoms with van der Waals surface area (Å²) in [5, 5.41) is 0. The molecule has 4 rings (SSSR count). The van der Waals surface area contributed by atoms with Crippen molar-refractivity contribution in [2.45, 2.75) is 6.92 Å². The first-order valence-electron chi connectivity index (χ1n) is 8.61. The summed E-state index contributed by atoms with van der Waals surface area (Å²) in [6.07, 6.45) is 3.45. The molecule has 3 nitrogen and oxygen atoms in total. The molecule has 1 aromatic heterocycles. The number of hydrogen-bond acceptors (Lipinski definition) is 3. The highest BCUT2D eigenvalue weighted by atomic mass is 15.1. The quantitative estimate of drug-likeness (QED) is 0.463. The molecule has 0 amide bonds. The van der Waals surface area contributed by atoms with E-state index < -0.39 is 0 Å². The maximum Gasteiger partial charge on any atom is 0.0914 e. The molecule has 4 aromatic rings. The Labute approximate surface area is 153 Å². The number of hydrogen-bond donors (Lipinski definition) is 0. The molecule has 0 aliphatic heterocycles. The Bertz CT molecular complexity index is 941. The van der Waals surface area contributed by atoms with Gasteiger partial charge in [-0.15, -0.1) is 0 Å². The van der Waals surface area contributed by atoms with E-state index in [4.69, 9.17) is 0 Å². The zero-order valence-electron chi connectivity index (χ0n) is 14.6. The normalized spacial score (nSPS) is 10.5. The van der Waals surface area contributed by atoms with E-state index in [1.807, 2.05) is 19.1 Å². The number of rotatable bonds is 4. The predicted molar refractivity (Wildman–Crippen MR) is 107 cm³/mol. The van der Waals surface area contributed by atoms with E-state index in [0.717, 1.165) is 34.0 Å². The molecular formula is C23H19N3. The van der Waals surface area contributed by atoms with Crippen molar-refractivity contribution in [1.29, 1.82) is 0 Å². The van der Waals surface area contributed by atoms with Gasteiger partial charge in [-0.1, -0.05) is 48.5 Å². The van der Waals surface area contributed by atoms with Crippen molar-refractivity contribution in [3.63, 3.8) is 0 Å². The summed E-state index contributed by atoms with van der Waals surface area (Å²) < 4.78 is 0. The van der Waals surface area contributed by atoms with Gasteiger partial charge in [0.2, 0.25) is 0 Å². The lowest BCUT2D eigenvalue weighted by atomic mass is 10.1. The van der Waals surface area contributed by atoms with Crippen LogP contribution in [0.3, 0.4) is 0 Å². The summed E-state index contributed by atoms with van der Waals surface area (Å²) in [5.41, 5.74) is 6.28. The zero-order chi connectivity index (χ0) is 17.8. The Kier molecular flexibility index (Phi) is 4.44. The standard InChI is InChI=1S/C23H19N3/c1-18-23(25-17-16-24-18)19-12-14-22(15-13-19)26(20-8-4-2-5-9-20)21-10-6-3-7-11-21/h2-17H,1H3. The van der Waals surface area contributed by atoms with Crippen molar-refractivity contribution in [1.82, 2.24) is 9.97 Å². The highest BCUT2D eigenvalue weighted by molar-refractivity contribution is 5.77. The van der Waals surface area contributed by atoms with Gasteiger partial charge >= 0.3 is 0 Å². The molecule has 0 aliphatic carbocycles. The van der Waals surface area contributed by atoms with E-state index in [0.29, 0.717) is 0 Å². The third-order valence-corrected chi connectivity index (χ3v) is 4.31. The number of para-hydroxylation sites is 2. The van der Waals surface area contributed by atoms with E-state index in [-0.39, 0.29) is 0 Å². The highest BCUT2D eigenvalue weighted by Gasteiger charge is 2.12. The number of aryl methyl sites for hydroxylation is 1. The van der Waals surface area contributed by atoms with Gasteiger partial charge < -0.3 is 4.90 Å². The number of anilines is 3. The van der Waals surface area contributed by atoms with Gasteiger partial charge in [-0.05, 0) is 43.3 Å². The van der Waals surface area contributed by atoms with Gasteiger partial charge in [0.15, 0.2) is 0 Å². The molecule has 3 aromatic carbocycles. The van der Waals surface area contributed by atoms with Gasteiger partial charge in [0.05, 0.1) is 11.4 Å². The Balaban J connectivity index is 1.76. The van der Waals surface area contributed by atoms with Gasteiger partial charge in [-0.3, -0.25) is 9.97 Å². The number of benzene rings is 3. The molecule has 0 saturated heterocycles. The van der Waals surface area contributed by atoms with Crippen LogP contribution in [0.15, 0.2) is 97.3 Å². The first kappa shape index (κ1) is 16.0. The van der Waals surface area contributed by atoms with Crippen molar-refractivity contribution in [2.75, 3.05) is 4.90 Å². The van der Waals surface area contributed by atoms with E-state index in [1.165, 1.54) is 0 Å². The maximum atomic E-state index is 4.46. The van der Waals surface area contributed by atoms with Crippen LogP contribution in [-0.2, 0) is 0 Å². The highest BCUT2D eigenvalue weighted by Crippen LogP contribution is 2.35. The Morgan fingerprint density at radius 3 is 1.62 bits per heavy atom. The maximum absolute atomic E-state index is 4.46. The zero-order valence-corrected chi connectivity index (χ0v) is 14.6. The first-order valence-corrected chi connectivity index (χ1v) is 8.61. The van der Waals surface area contributed by atoms with Gasteiger partial charge in [-0.2, -0.15) is 0 Å². The van der Waals surface area contributed by atoms with Crippen molar-refractivity contribution in [3.05, 3.63) is 103 Å². The molecule has 26 heavy (non-hydrogen) atoms. The fourth-order valence-electron chi connectivity index (χ4n) is 3.06. The second kappa shape index (κ2) is 7.19. The second-order valence-corrected chi connectivity index (χ2v) is 6.04. The Hall–Kier alpha value is -3.46. The van der Waals surface area contributed by atoms with Crippen LogP contribution in [0, 0.1) is 6.92 Å². The molecule has 0 aliphatic rings. The number of nitrogens with zero attached hydrogens (tertiary/aromatic N) is 3. The van der Waals surface area contributed by atoms with Crippen LogP contribution >= 0.6 is 0 Å². The lowest BCUT2D eigenvalue weighted by Gasteiger charge is -2.25. The van der Waals surface area contributed by atoms with Crippen molar-refractivity contribution >= 4 is 17.1 Å². The molecule has 0 bridgehead atoms. The summed E-state index contributed by atoms with van der Waals surface area (Å²) in [4.78, 5) is 11.0. The monoisotopic (exact) mass is 337 g/mol. The Morgan fingerprint density at radius 1 is 0.577 bits per heavy atom. The van der Waals surface area contributed by atoms with Gasteiger partial charge in [0.25, 0.3) is 0 Å². The van der Waals surface area contributed by atoms with Crippen LogP contribution in [0.25, 0.3) is 11.3 Å². The molecule has 1 heterocycles. The lowest BCUT2D eigenvalue weighted by molar-refractivity contribution is 1.12. The van der Waals surface area contributed by atoms with Crippen molar-refractivity contribution in [3.8, 4) is 11.3 Å². The largest absolute Gasteiger partial charge is 0.311 e. The minimum atomic E-state index is 0.921. The van der Waals surface area contributed by atoms with Crippen molar-refractivity contribution < 1.29 is 0 Å². The van der Waals surface area contributed by atoms with Crippen molar-refractivity contribution in [2.24, 2.45) is 0 Å². The minimum absolute atomic E-state index is 0.921. The molecule has 0 atom stereocenters. The molecule has 0 unspecified atom stereocenters. The summed E-state index contributed by atoms with van der Waals surface area (Å²) in [6, 6.07) is 29.2. The average molecular weight is 337 g/mol. The fourth-order valence-corrected chi connectivity index (χ4v) is 3.06. The molecule has 0 spiro atoms. The number of aromatic nitrogens is 2. The van der Waals surface area contributed by atoms with Crippen LogP contribution in [-0.4, -0.2) is 9.97 Å². The molecular weight excluding hydrogens is 318 g/mol. The fraction of sp³-hybridized carbons (Fsp3) is 0.0435. The third-order valence-electron chi connectivity index (χ3n) is 4.31. The third kappa shape index (κ3) is 3.20. The van der Waals surface area contributed by atoms with Gasteiger partial charge in [0.1, 0.15) is 0 Å². The molecule has 3 heteroatoms. The van der Waals surface area contributed by atoms with Crippen LogP contribution < -0.4 is 4.90 Å². The summed E-state index contributed by atoms with van der Waals surface area (Å²) in [5.74, 6) is 0. The molecule has 0 fully saturated rings. The van der Waals surface area contributed by atoms with Gasteiger partial charge in [-0.25, -0.2) is 0 Å². The second-order valence-electron chi connectivity index (χ2n) is 6.04. The summed E-state index contributed by atoms with van der Waals surface area (Å²) in [7, 11) is 0. The first-order chi connectivity index (χ1) is 12.8. The molecule has 126 valence electrons. The average Bonchev–Trinajstić information content (AvgIpc) is 2.71. The smallest absolute Gasteiger partial charge is 0.0914 e.